The summed E-state index contributed by atoms with van der Waals surface area (Å²) in [6.45, 7) is 0. The second-order valence-electron chi connectivity index (χ2n) is 11.1. The van der Waals surface area contributed by atoms with Crippen molar-refractivity contribution in [3.8, 4) is 44.5 Å². The summed E-state index contributed by atoms with van der Waals surface area (Å²) in [6.07, 6.45) is 0. The first-order valence-corrected chi connectivity index (χ1v) is 14.8. The molecule has 1 heterocycles. The molecular weight excluding hydrogens is 544 g/mol. The first kappa shape index (κ1) is 18.7. The molecule has 1 heteroatoms. The Bertz CT molecular complexity index is 2890. The second-order valence-corrected chi connectivity index (χ2v) is 11.1. The van der Waals surface area contributed by atoms with Gasteiger partial charge in [0.15, 0.2) is 0 Å². The average Bonchev–Trinajstić information content (AvgIpc) is 3.58. The predicted molar refractivity (Wildman–Crippen MR) is 190 cm³/mol. The van der Waals surface area contributed by atoms with Crippen molar-refractivity contribution >= 4 is 43.5 Å². The lowest BCUT2D eigenvalue weighted by Gasteiger charge is -2.17. The summed E-state index contributed by atoms with van der Waals surface area (Å²) in [6, 6.07) is 36.0. The van der Waals surface area contributed by atoms with Crippen LogP contribution in [0, 0.1) is 0 Å². The molecule has 1 nitrogen and oxygen atoms in total. The molecule has 0 amide bonds. The molecule has 0 saturated heterocycles. The summed E-state index contributed by atoms with van der Waals surface area (Å²) in [7, 11) is 0. The molecule has 0 aliphatic heterocycles. The summed E-state index contributed by atoms with van der Waals surface area (Å²) in [5.74, 6) is 0. The zero-order valence-corrected chi connectivity index (χ0v) is 24.0. The van der Waals surface area contributed by atoms with Gasteiger partial charge in [0.2, 0.25) is 0 Å². The van der Waals surface area contributed by atoms with Crippen LogP contribution in [0.1, 0.15) is 11.0 Å². The Morgan fingerprint density at radius 1 is 0.378 bits per heavy atom. The van der Waals surface area contributed by atoms with Crippen LogP contribution >= 0.6 is 0 Å². The number of furan rings is 1. The third kappa shape index (κ3) is 4.17. The first-order chi connectivity index (χ1) is 25.7. The van der Waals surface area contributed by atoms with Gasteiger partial charge in [0.25, 0.3) is 0 Å². The zero-order chi connectivity index (χ0) is 36.7. The van der Waals surface area contributed by atoms with Gasteiger partial charge in [-0.2, -0.15) is 0 Å². The summed E-state index contributed by atoms with van der Waals surface area (Å²) >= 11 is 0. The molecule has 0 fully saturated rings. The van der Waals surface area contributed by atoms with Crippen molar-refractivity contribution in [2.45, 2.75) is 0 Å². The van der Waals surface area contributed by atoms with Gasteiger partial charge in [-0.3, -0.25) is 0 Å². The van der Waals surface area contributed by atoms with E-state index in [0.29, 0.717) is 33.4 Å². The zero-order valence-electron chi connectivity index (χ0n) is 32.0. The smallest absolute Gasteiger partial charge is 0.136 e. The summed E-state index contributed by atoms with van der Waals surface area (Å²) in [5.41, 5.74) is 7.07. The topological polar surface area (TPSA) is 13.1 Å². The third-order valence-electron chi connectivity index (χ3n) is 8.50. The van der Waals surface area contributed by atoms with E-state index in [0.717, 1.165) is 33.0 Å². The highest BCUT2D eigenvalue weighted by Gasteiger charge is 2.19. The van der Waals surface area contributed by atoms with Gasteiger partial charge in [-0.15, -0.1) is 0 Å². The minimum Gasteiger partial charge on any atom is -0.456 e. The lowest BCUT2D eigenvalue weighted by atomic mass is 9.85. The van der Waals surface area contributed by atoms with Crippen molar-refractivity contribution in [2.24, 2.45) is 0 Å². The Balaban J connectivity index is 1.43. The van der Waals surface area contributed by atoms with Crippen LogP contribution in [-0.2, 0) is 0 Å². The van der Waals surface area contributed by atoms with Crippen molar-refractivity contribution in [1.29, 1.82) is 0 Å². The summed E-state index contributed by atoms with van der Waals surface area (Å²) in [4.78, 5) is 0. The van der Waals surface area contributed by atoms with Crippen LogP contribution in [0.2, 0.25) is 0 Å². The Labute approximate surface area is 272 Å². The van der Waals surface area contributed by atoms with Crippen LogP contribution in [-0.4, -0.2) is 0 Å². The fraction of sp³-hybridized carbons (Fsp3) is 0. The number of hydrogen-bond acceptors (Lipinski definition) is 1. The fourth-order valence-corrected chi connectivity index (χ4v) is 6.53. The highest BCUT2D eigenvalue weighted by Crippen LogP contribution is 2.45. The molecule has 45 heavy (non-hydrogen) atoms. The van der Waals surface area contributed by atoms with Crippen LogP contribution in [0.4, 0.5) is 0 Å². The predicted octanol–water partition coefficient (Wildman–Crippen LogP) is 12.6. The Morgan fingerprint density at radius 2 is 0.933 bits per heavy atom. The van der Waals surface area contributed by atoms with Gasteiger partial charge in [0.1, 0.15) is 11.2 Å². The lowest BCUT2D eigenvalue weighted by molar-refractivity contribution is 0.669. The molecule has 0 aliphatic rings. The van der Waals surface area contributed by atoms with Crippen LogP contribution in [0.25, 0.3) is 88.0 Å². The van der Waals surface area contributed by atoms with E-state index >= 15 is 0 Å². The van der Waals surface area contributed by atoms with E-state index < -0.39 is 24.2 Å². The van der Waals surface area contributed by atoms with Crippen molar-refractivity contribution in [1.82, 2.24) is 0 Å². The van der Waals surface area contributed by atoms with Crippen LogP contribution in [0.3, 0.4) is 0 Å². The van der Waals surface area contributed by atoms with Gasteiger partial charge in [-0.1, -0.05) is 145 Å². The molecule has 9 rings (SSSR count). The maximum Gasteiger partial charge on any atom is 0.136 e. The largest absolute Gasteiger partial charge is 0.456 e. The number of benzene rings is 8. The van der Waals surface area contributed by atoms with Gasteiger partial charge >= 0.3 is 0 Å². The van der Waals surface area contributed by atoms with Gasteiger partial charge in [-0.25, -0.2) is 0 Å². The van der Waals surface area contributed by atoms with Crippen molar-refractivity contribution < 1.29 is 15.4 Å². The van der Waals surface area contributed by atoms with E-state index in [1.165, 1.54) is 0 Å². The third-order valence-corrected chi connectivity index (χ3v) is 8.50. The van der Waals surface area contributed by atoms with Crippen LogP contribution < -0.4 is 0 Å². The SMILES string of the molecule is [2H]c1c([2H])c([2H])c2c(-c3ccc4oc5cccc(-c6cccc(-c7ccccc7)c6)c5c4c3)c3c([2H])c([2H])c([2H])c([2H])c3c(-c3ccccc3)c2c1[2H]. The molecular formula is C44H28O. The van der Waals surface area contributed by atoms with E-state index in [1.807, 2.05) is 60.7 Å². The van der Waals surface area contributed by atoms with Crippen LogP contribution in [0.15, 0.2) is 174 Å². The Kier molecular flexibility index (Phi) is 4.30. The van der Waals surface area contributed by atoms with E-state index in [9.17, 15) is 5.48 Å². The van der Waals surface area contributed by atoms with Gasteiger partial charge in [0.05, 0.1) is 11.0 Å². The quantitative estimate of drug-likeness (QED) is 0.189. The molecule has 8 aromatic carbocycles. The molecule has 0 saturated carbocycles. The standard InChI is InChI=1S/C44H28O/c1-3-13-29(14-4-1)31-17-11-18-32(27-31)34-23-12-24-41-44(34)39-28-33(25-26-40(39)45-41)43-37-21-9-7-19-35(37)42(30-15-5-2-6-16-30)36-20-8-10-22-38(36)43/h1-28H/i7D,8D,9D,10D,19D,20D,21D,22D. The normalized spacial score (nSPS) is 14.0. The lowest BCUT2D eigenvalue weighted by Crippen LogP contribution is -1.90. The van der Waals surface area contributed by atoms with Gasteiger partial charge in [-0.05, 0) is 90.3 Å². The van der Waals surface area contributed by atoms with Crippen LogP contribution in [0.5, 0.6) is 0 Å². The monoisotopic (exact) mass is 580 g/mol. The molecule has 0 bridgehead atoms. The molecule has 0 aliphatic carbocycles. The molecule has 0 unspecified atom stereocenters. The molecule has 1 aromatic heterocycles. The Morgan fingerprint density at radius 3 is 1.60 bits per heavy atom. The van der Waals surface area contributed by atoms with Gasteiger partial charge in [0, 0.05) is 10.8 Å². The average molecular weight is 581 g/mol. The number of fused-ring (bicyclic) bond motifs is 5. The van der Waals surface area contributed by atoms with E-state index in [1.54, 1.807) is 30.3 Å². The minimum absolute atomic E-state index is 0.176. The fourth-order valence-electron chi connectivity index (χ4n) is 6.53. The first-order valence-electron chi connectivity index (χ1n) is 18.8. The van der Waals surface area contributed by atoms with Crippen molar-refractivity contribution in [2.75, 3.05) is 0 Å². The second kappa shape index (κ2) is 10.4. The molecule has 0 N–H and O–H groups in total. The van der Waals surface area contributed by atoms with E-state index in [4.69, 9.17) is 9.90 Å². The molecule has 0 spiro atoms. The highest BCUT2D eigenvalue weighted by molar-refractivity contribution is 6.22. The van der Waals surface area contributed by atoms with E-state index in [2.05, 4.69) is 30.3 Å². The maximum absolute atomic E-state index is 9.27. The summed E-state index contributed by atoms with van der Waals surface area (Å²) in [5, 5.41) is 2.34. The minimum atomic E-state index is -0.432. The molecule has 210 valence electrons. The molecule has 0 radical (unpaired) electrons. The highest BCUT2D eigenvalue weighted by atomic mass is 16.3. The maximum atomic E-state index is 9.27. The number of hydrogen-bond donors (Lipinski definition) is 0. The Hall–Kier alpha value is -5.92. The van der Waals surface area contributed by atoms with Crippen molar-refractivity contribution in [3.05, 3.63) is 170 Å². The van der Waals surface area contributed by atoms with Gasteiger partial charge < -0.3 is 4.42 Å². The molecule has 0 atom stereocenters. The van der Waals surface area contributed by atoms with Crippen molar-refractivity contribution in [3.63, 3.8) is 0 Å². The summed E-state index contributed by atoms with van der Waals surface area (Å²) < 4.78 is 78.1. The van der Waals surface area contributed by atoms with E-state index in [-0.39, 0.29) is 45.7 Å². The molecule has 9 aromatic rings. The number of rotatable bonds is 4.